The van der Waals surface area contributed by atoms with Crippen LogP contribution in [0, 0.1) is 0 Å². The van der Waals surface area contributed by atoms with Crippen molar-refractivity contribution in [3.63, 3.8) is 0 Å². The van der Waals surface area contributed by atoms with Crippen molar-refractivity contribution >= 4 is 39.5 Å². The second-order valence-electron chi connectivity index (χ2n) is 6.76. The summed E-state index contributed by atoms with van der Waals surface area (Å²) in [7, 11) is 0. The Morgan fingerprint density at radius 2 is 2.12 bits per heavy atom. The number of rotatable bonds is 4. The van der Waals surface area contributed by atoms with Crippen LogP contribution in [0.3, 0.4) is 0 Å². The number of fused-ring (bicyclic) bond motifs is 1. The van der Waals surface area contributed by atoms with Crippen molar-refractivity contribution in [1.29, 1.82) is 0 Å². The quantitative estimate of drug-likeness (QED) is 0.794. The third-order valence-corrected chi connectivity index (χ3v) is 7.01. The van der Waals surface area contributed by atoms with Gasteiger partial charge in [0.2, 0.25) is 11.8 Å². The molecule has 0 saturated carbocycles. The Balaban J connectivity index is 1.39. The summed E-state index contributed by atoms with van der Waals surface area (Å²) in [5.41, 5.74) is 0.983. The van der Waals surface area contributed by atoms with Gasteiger partial charge in [0.05, 0.1) is 11.4 Å². The highest BCUT2D eigenvalue weighted by atomic mass is 79.9. The van der Waals surface area contributed by atoms with E-state index in [0.717, 1.165) is 22.2 Å². The highest BCUT2D eigenvalue weighted by Crippen LogP contribution is 2.47. The van der Waals surface area contributed by atoms with Crippen molar-refractivity contribution in [2.45, 2.75) is 37.2 Å². The first-order chi connectivity index (χ1) is 12.5. The molecule has 1 aromatic heterocycles. The van der Waals surface area contributed by atoms with Crippen molar-refractivity contribution in [1.82, 2.24) is 10.2 Å². The van der Waals surface area contributed by atoms with Gasteiger partial charge in [0, 0.05) is 22.2 Å². The molecule has 136 valence electrons. The number of amides is 2. The molecule has 2 aliphatic heterocycles. The van der Waals surface area contributed by atoms with Gasteiger partial charge < -0.3 is 14.6 Å². The van der Waals surface area contributed by atoms with E-state index in [1.54, 1.807) is 16.7 Å². The maximum absolute atomic E-state index is 12.6. The average molecular weight is 435 g/mol. The van der Waals surface area contributed by atoms with Gasteiger partial charge in [-0.1, -0.05) is 28.1 Å². The summed E-state index contributed by atoms with van der Waals surface area (Å²) in [5, 5.41) is 2.92. The maximum atomic E-state index is 12.6. The predicted octanol–water partition coefficient (Wildman–Crippen LogP) is 3.78. The maximum Gasteiger partial charge on any atom is 0.244 e. The van der Waals surface area contributed by atoms with Crippen LogP contribution < -0.4 is 5.32 Å². The summed E-state index contributed by atoms with van der Waals surface area (Å²) in [6.45, 7) is 2.36. The standard InChI is InChI=1S/C19H19BrN2O3S/c1-19-9-8-17(23)22(19)15(11-26-19)18(24)21-10-14-6-7-16(25-14)12-2-4-13(20)5-3-12/h2-7,15H,8-11H2,1H3,(H,21,24)/t15-,19+/m1/s1. The highest BCUT2D eigenvalue weighted by Gasteiger charge is 2.52. The lowest BCUT2D eigenvalue weighted by molar-refractivity contribution is -0.138. The van der Waals surface area contributed by atoms with Gasteiger partial charge in [0.1, 0.15) is 17.6 Å². The summed E-state index contributed by atoms with van der Waals surface area (Å²) < 4.78 is 6.85. The molecular weight excluding hydrogens is 416 g/mol. The van der Waals surface area contributed by atoms with Crippen molar-refractivity contribution < 1.29 is 14.0 Å². The molecule has 2 amide bonds. The number of carbonyl (C=O) groups is 2. The first kappa shape index (κ1) is 17.7. The largest absolute Gasteiger partial charge is 0.459 e. The number of hydrogen-bond acceptors (Lipinski definition) is 4. The molecule has 2 fully saturated rings. The second kappa shape index (κ2) is 6.78. The van der Waals surface area contributed by atoms with E-state index in [-0.39, 0.29) is 22.7 Å². The Bertz CT molecular complexity index is 851. The summed E-state index contributed by atoms with van der Waals surface area (Å²) in [5.74, 6) is 2.07. The second-order valence-corrected chi connectivity index (χ2v) is 9.17. The van der Waals surface area contributed by atoms with E-state index in [0.29, 0.717) is 24.5 Å². The van der Waals surface area contributed by atoms with Gasteiger partial charge in [-0.25, -0.2) is 0 Å². The van der Waals surface area contributed by atoms with Crippen LogP contribution in [-0.2, 0) is 16.1 Å². The SMILES string of the molecule is C[C@]12CCC(=O)N1[C@@H](C(=O)NCc1ccc(-c3ccc(Br)cc3)o1)CS2. The summed E-state index contributed by atoms with van der Waals surface area (Å²) in [4.78, 5) is 26.3. The van der Waals surface area contributed by atoms with Crippen molar-refractivity contribution in [2.24, 2.45) is 0 Å². The Kier molecular flexibility index (Phi) is 4.61. The molecule has 4 rings (SSSR count). The number of halogens is 1. The summed E-state index contributed by atoms with van der Waals surface area (Å²) in [6.07, 6.45) is 1.34. The minimum Gasteiger partial charge on any atom is -0.459 e. The van der Waals surface area contributed by atoms with Crippen LogP contribution >= 0.6 is 27.7 Å². The molecule has 2 saturated heterocycles. The lowest BCUT2D eigenvalue weighted by Gasteiger charge is -2.29. The van der Waals surface area contributed by atoms with Gasteiger partial charge in [-0.3, -0.25) is 9.59 Å². The number of furan rings is 1. The molecule has 2 atom stereocenters. The molecule has 5 nitrogen and oxygen atoms in total. The van der Waals surface area contributed by atoms with Crippen LogP contribution in [0.25, 0.3) is 11.3 Å². The van der Waals surface area contributed by atoms with Crippen LogP contribution in [0.1, 0.15) is 25.5 Å². The molecule has 2 aromatic rings. The molecule has 0 radical (unpaired) electrons. The van der Waals surface area contributed by atoms with E-state index in [2.05, 4.69) is 21.2 Å². The molecule has 7 heteroatoms. The zero-order valence-electron chi connectivity index (χ0n) is 14.3. The van der Waals surface area contributed by atoms with E-state index >= 15 is 0 Å². The lowest BCUT2D eigenvalue weighted by atomic mass is 10.2. The third-order valence-electron chi connectivity index (χ3n) is 4.97. The van der Waals surface area contributed by atoms with Gasteiger partial charge >= 0.3 is 0 Å². The van der Waals surface area contributed by atoms with E-state index in [9.17, 15) is 9.59 Å². The topological polar surface area (TPSA) is 62.6 Å². The van der Waals surface area contributed by atoms with Crippen LogP contribution in [0.5, 0.6) is 0 Å². The fraction of sp³-hybridized carbons (Fsp3) is 0.368. The van der Waals surface area contributed by atoms with Crippen LogP contribution in [0.15, 0.2) is 45.3 Å². The van der Waals surface area contributed by atoms with Gasteiger partial charge in [0.25, 0.3) is 0 Å². The first-order valence-corrected chi connectivity index (χ1v) is 10.3. The molecule has 26 heavy (non-hydrogen) atoms. The minimum atomic E-state index is -0.388. The first-order valence-electron chi connectivity index (χ1n) is 8.55. The fourth-order valence-electron chi connectivity index (χ4n) is 3.55. The fourth-order valence-corrected chi connectivity index (χ4v) is 5.25. The summed E-state index contributed by atoms with van der Waals surface area (Å²) >= 11 is 5.11. The zero-order valence-corrected chi connectivity index (χ0v) is 16.7. The van der Waals surface area contributed by atoms with E-state index in [1.165, 1.54) is 0 Å². The molecule has 0 bridgehead atoms. The van der Waals surface area contributed by atoms with Gasteiger partial charge in [0.15, 0.2) is 0 Å². The smallest absolute Gasteiger partial charge is 0.244 e. The minimum absolute atomic E-state index is 0.0770. The molecule has 0 aliphatic carbocycles. The predicted molar refractivity (Wildman–Crippen MR) is 104 cm³/mol. The highest BCUT2D eigenvalue weighted by molar-refractivity contribution is 9.10. The molecular formula is C19H19BrN2O3S. The van der Waals surface area contributed by atoms with Gasteiger partial charge in [-0.15, -0.1) is 11.8 Å². The van der Waals surface area contributed by atoms with E-state index in [4.69, 9.17) is 4.42 Å². The molecule has 0 unspecified atom stereocenters. The monoisotopic (exact) mass is 434 g/mol. The lowest BCUT2D eigenvalue weighted by Crippen LogP contribution is -2.49. The Hall–Kier alpha value is -1.73. The molecule has 1 aromatic carbocycles. The number of benzene rings is 1. The van der Waals surface area contributed by atoms with Crippen LogP contribution in [-0.4, -0.2) is 33.4 Å². The third kappa shape index (κ3) is 3.18. The zero-order chi connectivity index (χ0) is 18.3. The van der Waals surface area contributed by atoms with Crippen molar-refractivity contribution in [3.05, 3.63) is 46.6 Å². The van der Waals surface area contributed by atoms with E-state index in [1.807, 2.05) is 43.3 Å². The normalized spacial score (nSPS) is 24.8. The number of thioether (sulfide) groups is 1. The van der Waals surface area contributed by atoms with Crippen LogP contribution in [0.2, 0.25) is 0 Å². The Morgan fingerprint density at radius 3 is 2.88 bits per heavy atom. The molecule has 0 spiro atoms. The average Bonchev–Trinajstić information content (AvgIpc) is 3.30. The molecule has 2 aliphatic rings. The number of nitrogens with zero attached hydrogens (tertiary/aromatic N) is 1. The number of nitrogens with one attached hydrogen (secondary N) is 1. The van der Waals surface area contributed by atoms with Crippen molar-refractivity contribution in [2.75, 3.05) is 5.75 Å². The number of hydrogen-bond donors (Lipinski definition) is 1. The van der Waals surface area contributed by atoms with Gasteiger partial charge in [-0.2, -0.15) is 0 Å². The van der Waals surface area contributed by atoms with Crippen LogP contribution in [0.4, 0.5) is 0 Å². The molecule has 1 N–H and O–H groups in total. The van der Waals surface area contributed by atoms with E-state index < -0.39 is 0 Å². The molecule has 3 heterocycles. The van der Waals surface area contributed by atoms with Crippen molar-refractivity contribution in [3.8, 4) is 11.3 Å². The Labute approximate surface area is 164 Å². The summed E-state index contributed by atoms with van der Waals surface area (Å²) in [6, 6.07) is 11.2. The Morgan fingerprint density at radius 1 is 1.35 bits per heavy atom. The number of carbonyl (C=O) groups excluding carboxylic acids is 2. The van der Waals surface area contributed by atoms with Gasteiger partial charge in [-0.05, 0) is 37.6 Å².